The highest BCUT2D eigenvalue weighted by molar-refractivity contribution is 6.84. The Bertz CT molecular complexity index is 487. The second kappa shape index (κ2) is 6.71. The van der Waals surface area contributed by atoms with Crippen LogP contribution in [0.4, 0.5) is 0 Å². The Morgan fingerprint density at radius 2 is 1.74 bits per heavy atom. The summed E-state index contributed by atoms with van der Waals surface area (Å²) in [6, 6.07) is 0. The zero-order valence-electron chi connectivity index (χ0n) is 15.9. The van der Waals surface area contributed by atoms with Crippen molar-refractivity contribution in [3.05, 3.63) is 23.1 Å². The summed E-state index contributed by atoms with van der Waals surface area (Å²) < 4.78 is 17.6. The number of likely N-dealkylation sites (N-methyl/N-ethyl adjacent to an activating group) is 1. The minimum atomic E-state index is -1.46. The van der Waals surface area contributed by atoms with E-state index in [9.17, 15) is 0 Å². The van der Waals surface area contributed by atoms with Gasteiger partial charge in [0.25, 0.3) is 0 Å². The molecule has 1 atom stereocenters. The van der Waals surface area contributed by atoms with Crippen LogP contribution in [0.1, 0.15) is 26.7 Å². The van der Waals surface area contributed by atoms with E-state index in [0.29, 0.717) is 19.8 Å². The van der Waals surface area contributed by atoms with Gasteiger partial charge in [-0.3, -0.25) is 4.90 Å². The van der Waals surface area contributed by atoms with Gasteiger partial charge in [0.15, 0.2) is 5.79 Å². The highest BCUT2D eigenvalue weighted by Gasteiger charge is 2.42. The van der Waals surface area contributed by atoms with E-state index in [2.05, 4.69) is 64.6 Å². The van der Waals surface area contributed by atoms with Crippen LogP contribution >= 0.6 is 0 Å². The van der Waals surface area contributed by atoms with Crippen LogP contribution in [0.3, 0.4) is 0 Å². The second-order valence-electron chi connectivity index (χ2n) is 7.97. The molecule has 0 N–H and O–H groups in total. The van der Waals surface area contributed by atoms with Crippen LogP contribution in [0.2, 0.25) is 19.6 Å². The molecule has 0 aromatic rings. The third kappa shape index (κ3) is 4.08. The second-order valence-corrected chi connectivity index (χ2v) is 13.0. The maximum atomic E-state index is 5.98. The van der Waals surface area contributed by atoms with E-state index in [4.69, 9.17) is 14.2 Å². The van der Waals surface area contributed by atoms with Gasteiger partial charge in [-0.25, -0.2) is 0 Å². The van der Waals surface area contributed by atoms with Crippen molar-refractivity contribution in [2.24, 2.45) is 0 Å². The van der Waals surface area contributed by atoms with E-state index in [1.807, 2.05) is 0 Å². The predicted octanol–water partition coefficient (Wildman–Crippen LogP) is 3.57. The smallest absolute Gasteiger partial charge is 0.165 e. The molecule has 4 nitrogen and oxygen atoms in total. The number of hydrogen-bond donors (Lipinski definition) is 0. The van der Waals surface area contributed by atoms with Crippen molar-refractivity contribution in [2.75, 3.05) is 33.9 Å². The summed E-state index contributed by atoms with van der Waals surface area (Å²) in [6.07, 6.45) is 6.57. The summed E-state index contributed by atoms with van der Waals surface area (Å²) in [5.41, 5.74) is -0.113. The number of rotatable bonds is 7. The zero-order valence-corrected chi connectivity index (χ0v) is 16.9. The average molecular weight is 340 g/mol. The van der Waals surface area contributed by atoms with E-state index in [1.165, 1.54) is 5.20 Å². The molecule has 2 aliphatic rings. The summed E-state index contributed by atoms with van der Waals surface area (Å²) in [5.74, 6) is 0.636. The molecule has 23 heavy (non-hydrogen) atoms. The van der Waals surface area contributed by atoms with E-state index >= 15 is 0 Å². The first kappa shape index (κ1) is 18.7. The van der Waals surface area contributed by atoms with E-state index in [0.717, 1.165) is 18.6 Å². The summed E-state index contributed by atoms with van der Waals surface area (Å²) in [5, 5.41) is 1.42. The normalized spacial score (nSPS) is 27.3. The molecule has 0 radical (unpaired) electrons. The highest BCUT2D eigenvalue weighted by atomic mass is 28.3. The molecular formula is C18H33NO3Si. The summed E-state index contributed by atoms with van der Waals surface area (Å²) >= 11 is 0. The SMILES string of the molecule is CCOC1=CC(CCC2(C)OCCO2)(N(C)C)C=C1[Si](C)(C)C. The van der Waals surface area contributed by atoms with Gasteiger partial charge in [0.05, 0.1) is 33.4 Å². The van der Waals surface area contributed by atoms with Gasteiger partial charge >= 0.3 is 0 Å². The van der Waals surface area contributed by atoms with Gasteiger partial charge in [-0.05, 0) is 45.6 Å². The van der Waals surface area contributed by atoms with Gasteiger partial charge in [0.1, 0.15) is 5.76 Å². The molecular weight excluding hydrogens is 306 g/mol. The Kier molecular flexibility index (Phi) is 5.46. The molecule has 0 aromatic heterocycles. The van der Waals surface area contributed by atoms with Crippen molar-refractivity contribution in [2.45, 2.75) is 57.7 Å². The van der Waals surface area contributed by atoms with E-state index in [-0.39, 0.29) is 5.54 Å². The van der Waals surface area contributed by atoms with Crippen molar-refractivity contribution in [1.82, 2.24) is 4.90 Å². The van der Waals surface area contributed by atoms with Gasteiger partial charge in [0, 0.05) is 6.42 Å². The van der Waals surface area contributed by atoms with Crippen LogP contribution in [0.5, 0.6) is 0 Å². The van der Waals surface area contributed by atoms with Crippen LogP contribution in [0, 0.1) is 0 Å². The summed E-state index contributed by atoms with van der Waals surface area (Å²) in [4.78, 5) is 2.29. The molecule has 1 unspecified atom stereocenters. The monoisotopic (exact) mass is 339 g/mol. The van der Waals surface area contributed by atoms with Crippen molar-refractivity contribution in [1.29, 1.82) is 0 Å². The maximum absolute atomic E-state index is 5.98. The molecule has 0 bridgehead atoms. The Morgan fingerprint density at radius 3 is 2.22 bits per heavy atom. The summed E-state index contributed by atoms with van der Waals surface area (Å²) in [6.45, 7) is 13.3. The van der Waals surface area contributed by atoms with Gasteiger partial charge < -0.3 is 14.2 Å². The number of allylic oxidation sites excluding steroid dienone is 1. The van der Waals surface area contributed by atoms with Gasteiger partial charge in [0.2, 0.25) is 0 Å². The standard InChI is InChI=1S/C18H33NO3Si/c1-8-20-15-13-18(19(3)4,14-16(15)23(5,6)7)10-9-17(2)21-11-12-22-17/h13-14H,8-12H2,1-7H3. The third-order valence-corrected chi connectivity index (χ3v) is 6.87. The minimum absolute atomic E-state index is 0.113. The van der Waals surface area contributed by atoms with Gasteiger partial charge in [-0.1, -0.05) is 25.7 Å². The predicted molar refractivity (Wildman–Crippen MR) is 97.1 cm³/mol. The molecule has 132 valence electrons. The number of nitrogens with zero attached hydrogens (tertiary/aromatic N) is 1. The lowest BCUT2D eigenvalue weighted by atomic mass is 9.91. The zero-order chi connectivity index (χ0) is 17.3. The molecule has 1 aliphatic heterocycles. The fourth-order valence-corrected chi connectivity index (χ4v) is 4.85. The first-order valence-electron chi connectivity index (χ1n) is 8.67. The van der Waals surface area contributed by atoms with E-state index in [1.54, 1.807) is 0 Å². The molecule has 1 aliphatic carbocycles. The highest BCUT2D eigenvalue weighted by Crippen LogP contribution is 2.40. The van der Waals surface area contributed by atoms with Gasteiger partial charge in [-0.2, -0.15) is 0 Å². The Balaban J connectivity index is 2.27. The fourth-order valence-electron chi connectivity index (χ4n) is 3.28. The molecule has 0 saturated carbocycles. The van der Waals surface area contributed by atoms with Crippen molar-refractivity contribution in [3.8, 4) is 0 Å². The van der Waals surface area contributed by atoms with E-state index < -0.39 is 13.9 Å². The summed E-state index contributed by atoms with van der Waals surface area (Å²) in [7, 11) is 2.82. The molecule has 1 fully saturated rings. The van der Waals surface area contributed by atoms with Crippen LogP contribution in [-0.2, 0) is 14.2 Å². The largest absolute Gasteiger partial charge is 0.494 e. The van der Waals surface area contributed by atoms with Crippen molar-refractivity contribution >= 4 is 8.07 Å². The average Bonchev–Trinajstić information content (AvgIpc) is 3.02. The first-order valence-corrected chi connectivity index (χ1v) is 12.2. The Labute approximate surface area is 142 Å². The molecule has 0 amide bonds. The maximum Gasteiger partial charge on any atom is 0.165 e. The lowest BCUT2D eigenvalue weighted by Crippen LogP contribution is -2.42. The molecule has 2 rings (SSSR count). The fraction of sp³-hybridized carbons (Fsp3) is 0.778. The topological polar surface area (TPSA) is 30.9 Å². The Morgan fingerprint density at radius 1 is 1.13 bits per heavy atom. The van der Waals surface area contributed by atoms with Crippen LogP contribution in [0.25, 0.3) is 0 Å². The quantitative estimate of drug-likeness (QED) is 0.664. The van der Waals surface area contributed by atoms with Crippen LogP contribution < -0.4 is 0 Å². The molecule has 0 aromatic carbocycles. The molecule has 0 spiro atoms. The van der Waals surface area contributed by atoms with Crippen molar-refractivity contribution < 1.29 is 14.2 Å². The molecule has 5 heteroatoms. The Hall–Kier alpha value is -0.623. The lowest BCUT2D eigenvalue weighted by Gasteiger charge is -2.35. The van der Waals surface area contributed by atoms with Crippen molar-refractivity contribution in [3.63, 3.8) is 0 Å². The molecule has 1 heterocycles. The lowest BCUT2D eigenvalue weighted by molar-refractivity contribution is -0.150. The minimum Gasteiger partial charge on any atom is -0.494 e. The van der Waals surface area contributed by atoms with Gasteiger partial charge in [-0.15, -0.1) is 0 Å². The number of hydrogen-bond acceptors (Lipinski definition) is 4. The first-order chi connectivity index (χ1) is 10.6. The van der Waals surface area contributed by atoms with Crippen LogP contribution in [-0.4, -0.2) is 58.2 Å². The van der Waals surface area contributed by atoms with Crippen LogP contribution in [0.15, 0.2) is 23.1 Å². The molecule has 1 saturated heterocycles. The third-order valence-electron chi connectivity index (χ3n) is 4.86. The number of ether oxygens (including phenoxy) is 3.